The van der Waals surface area contributed by atoms with Crippen molar-refractivity contribution in [2.75, 3.05) is 38.2 Å². The molecule has 1 saturated heterocycles. The molecular formula is C20H27ClN4O4. The molecule has 1 aliphatic rings. The van der Waals surface area contributed by atoms with Gasteiger partial charge in [-0.25, -0.2) is 4.68 Å². The predicted octanol–water partition coefficient (Wildman–Crippen LogP) is 2.64. The Morgan fingerprint density at radius 3 is 2.72 bits per heavy atom. The van der Waals surface area contributed by atoms with Crippen molar-refractivity contribution in [3.63, 3.8) is 0 Å². The smallest absolute Gasteiger partial charge is 0.290 e. The molecule has 3 rings (SSSR count). The second-order valence-corrected chi connectivity index (χ2v) is 7.04. The molecule has 2 N–H and O–H groups in total. The summed E-state index contributed by atoms with van der Waals surface area (Å²) in [4.78, 5) is 23.0. The first kappa shape index (κ1) is 22.9. The minimum absolute atomic E-state index is 0.0126. The van der Waals surface area contributed by atoms with Gasteiger partial charge < -0.3 is 15.2 Å². The van der Waals surface area contributed by atoms with Crippen LogP contribution in [0.2, 0.25) is 5.02 Å². The lowest BCUT2D eigenvalue weighted by Gasteiger charge is -2.26. The van der Waals surface area contributed by atoms with Crippen LogP contribution in [0.15, 0.2) is 30.3 Å². The molecule has 1 aromatic carbocycles. The number of hydrogen-bond donors (Lipinski definition) is 2. The van der Waals surface area contributed by atoms with Crippen molar-refractivity contribution in [1.29, 1.82) is 0 Å². The summed E-state index contributed by atoms with van der Waals surface area (Å²) in [6.45, 7) is 6.58. The van der Waals surface area contributed by atoms with Crippen molar-refractivity contribution in [2.24, 2.45) is 0 Å². The number of hydrogen-bond acceptors (Lipinski definition) is 5. The van der Waals surface area contributed by atoms with Gasteiger partial charge in [0.2, 0.25) is 5.91 Å². The first-order valence-corrected chi connectivity index (χ1v) is 9.87. The van der Waals surface area contributed by atoms with Gasteiger partial charge in [-0.15, -0.1) is 0 Å². The van der Waals surface area contributed by atoms with Gasteiger partial charge in [0, 0.05) is 30.6 Å². The van der Waals surface area contributed by atoms with E-state index in [1.54, 1.807) is 4.68 Å². The van der Waals surface area contributed by atoms with E-state index in [1.165, 1.54) is 0 Å². The fraction of sp³-hybridized carbons (Fsp3) is 0.450. The van der Waals surface area contributed by atoms with E-state index in [4.69, 9.17) is 26.2 Å². The Labute approximate surface area is 175 Å². The number of aromatic nitrogens is 2. The Bertz CT molecular complexity index is 791. The van der Waals surface area contributed by atoms with E-state index in [2.05, 4.69) is 15.3 Å². The molecule has 2 heterocycles. The van der Waals surface area contributed by atoms with Gasteiger partial charge in [0.1, 0.15) is 5.82 Å². The lowest BCUT2D eigenvalue weighted by molar-refractivity contribution is -0.123. The molecule has 1 aliphatic heterocycles. The molecule has 0 bridgehead atoms. The number of carbonyl (C=O) groups is 2. The van der Waals surface area contributed by atoms with Crippen molar-refractivity contribution < 1.29 is 19.4 Å². The monoisotopic (exact) mass is 422 g/mol. The van der Waals surface area contributed by atoms with Crippen molar-refractivity contribution >= 4 is 29.8 Å². The third-order valence-electron chi connectivity index (χ3n) is 4.43. The number of anilines is 1. The van der Waals surface area contributed by atoms with E-state index in [0.717, 1.165) is 50.5 Å². The van der Waals surface area contributed by atoms with Crippen molar-refractivity contribution in [3.8, 4) is 0 Å². The standard InChI is InChI=1S/C19H25ClN4O2.CH2O2/c1-15-13-18(24(22-15)14-16-5-2-3-6-17(16)20)21-19(25)7-4-8-23-9-11-26-12-10-23;2-1-3/h2-3,5-6,13H,4,7-12,14H2,1H3,(H,21,25);1H,(H,2,3). The summed E-state index contributed by atoms with van der Waals surface area (Å²) < 4.78 is 7.13. The number of carboxylic acid groups (broad SMARTS) is 1. The van der Waals surface area contributed by atoms with Crippen LogP contribution in [0.25, 0.3) is 0 Å². The number of rotatable bonds is 7. The largest absolute Gasteiger partial charge is 0.483 e. The molecule has 1 aromatic heterocycles. The molecule has 0 saturated carbocycles. The van der Waals surface area contributed by atoms with Crippen molar-refractivity contribution in [3.05, 3.63) is 46.6 Å². The SMILES string of the molecule is Cc1cc(NC(=O)CCCN2CCOCC2)n(Cc2ccccc2Cl)n1.O=CO. The maximum Gasteiger partial charge on any atom is 0.290 e. The number of ether oxygens (including phenoxy) is 1. The highest BCUT2D eigenvalue weighted by Gasteiger charge is 2.13. The highest BCUT2D eigenvalue weighted by Crippen LogP contribution is 2.19. The van der Waals surface area contributed by atoms with Crippen LogP contribution in [0.5, 0.6) is 0 Å². The molecule has 158 valence electrons. The van der Waals surface area contributed by atoms with Gasteiger partial charge >= 0.3 is 0 Å². The van der Waals surface area contributed by atoms with Crippen LogP contribution in [0, 0.1) is 6.92 Å². The van der Waals surface area contributed by atoms with Gasteiger partial charge in [-0.05, 0) is 31.5 Å². The van der Waals surface area contributed by atoms with E-state index in [9.17, 15) is 4.79 Å². The van der Waals surface area contributed by atoms with Gasteiger partial charge in [0.15, 0.2) is 0 Å². The van der Waals surface area contributed by atoms with E-state index in [0.29, 0.717) is 23.8 Å². The maximum absolute atomic E-state index is 12.3. The average Bonchev–Trinajstić information content (AvgIpc) is 3.04. The fourth-order valence-corrected chi connectivity index (χ4v) is 3.24. The first-order valence-electron chi connectivity index (χ1n) is 9.49. The third-order valence-corrected chi connectivity index (χ3v) is 4.80. The van der Waals surface area contributed by atoms with Crippen LogP contribution in [-0.2, 0) is 20.9 Å². The topological polar surface area (TPSA) is 96.7 Å². The Morgan fingerprint density at radius 2 is 2.03 bits per heavy atom. The second kappa shape index (κ2) is 12.2. The predicted molar refractivity (Wildman–Crippen MR) is 111 cm³/mol. The van der Waals surface area contributed by atoms with Crippen LogP contribution in [0.4, 0.5) is 5.82 Å². The second-order valence-electron chi connectivity index (χ2n) is 6.63. The number of morpholine rings is 1. The summed E-state index contributed by atoms with van der Waals surface area (Å²) in [5, 5.41) is 15.0. The number of halogens is 1. The van der Waals surface area contributed by atoms with Crippen LogP contribution in [0.1, 0.15) is 24.1 Å². The third kappa shape index (κ3) is 7.84. The lowest BCUT2D eigenvalue weighted by Crippen LogP contribution is -2.37. The molecule has 0 spiro atoms. The number of nitrogens with zero attached hydrogens (tertiary/aromatic N) is 3. The zero-order chi connectivity index (χ0) is 21.1. The van der Waals surface area contributed by atoms with Crippen LogP contribution in [0.3, 0.4) is 0 Å². The Hall–Kier alpha value is -2.42. The van der Waals surface area contributed by atoms with Crippen LogP contribution in [-0.4, -0.2) is 65.0 Å². The molecule has 1 amide bonds. The molecule has 0 atom stereocenters. The fourth-order valence-electron chi connectivity index (χ4n) is 3.05. The van der Waals surface area contributed by atoms with Crippen LogP contribution >= 0.6 is 11.6 Å². The molecule has 8 nitrogen and oxygen atoms in total. The Balaban J connectivity index is 0.000000941. The Kier molecular flexibility index (Phi) is 9.63. The minimum Gasteiger partial charge on any atom is -0.483 e. The van der Waals surface area contributed by atoms with Gasteiger partial charge in [-0.1, -0.05) is 29.8 Å². The Morgan fingerprint density at radius 1 is 1.34 bits per heavy atom. The highest BCUT2D eigenvalue weighted by molar-refractivity contribution is 6.31. The molecule has 29 heavy (non-hydrogen) atoms. The normalized spacial score (nSPS) is 14.0. The number of benzene rings is 1. The van der Waals surface area contributed by atoms with E-state index in [1.807, 2.05) is 37.3 Å². The van der Waals surface area contributed by atoms with Gasteiger partial charge in [-0.3, -0.25) is 14.5 Å². The number of amides is 1. The van der Waals surface area contributed by atoms with Gasteiger partial charge in [0.05, 0.1) is 25.5 Å². The molecule has 1 fully saturated rings. The molecule has 0 aliphatic carbocycles. The van der Waals surface area contributed by atoms with Crippen molar-refractivity contribution in [1.82, 2.24) is 14.7 Å². The minimum atomic E-state index is -0.250. The van der Waals surface area contributed by atoms with E-state index in [-0.39, 0.29) is 12.4 Å². The van der Waals surface area contributed by atoms with Crippen molar-refractivity contribution in [2.45, 2.75) is 26.3 Å². The molecule has 0 radical (unpaired) electrons. The lowest BCUT2D eigenvalue weighted by atomic mass is 10.2. The van der Waals surface area contributed by atoms with E-state index < -0.39 is 0 Å². The number of carbonyl (C=O) groups excluding carboxylic acids is 1. The van der Waals surface area contributed by atoms with E-state index >= 15 is 0 Å². The summed E-state index contributed by atoms with van der Waals surface area (Å²) in [7, 11) is 0. The first-order chi connectivity index (χ1) is 14.0. The zero-order valence-corrected chi connectivity index (χ0v) is 17.3. The summed E-state index contributed by atoms with van der Waals surface area (Å²) >= 11 is 6.24. The van der Waals surface area contributed by atoms with Gasteiger partial charge in [-0.2, -0.15) is 5.10 Å². The number of aryl methyl sites for hydroxylation is 1. The zero-order valence-electron chi connectivity index (χ0n) is 16.5. The summed E-state index contributed by atoms with van der Waals surface area (Å²) in [6.07, 6.45) is 1.33. The summed E-state index contributed by atoms with van der Waals surface area (Å²) in [5.74, 6) is 0.720. The molecule has 9 heteroatoms. The summed E-state index contributed by atoms with van der Waals surface area (Å²) in [5.41, 5.74) is 1.83. The molecular weight excluding hydrogens is 396 g/mol. The quantitative estimate of drug-likeness (QED) is 0.666. The van der Waals surface area contributed by atoms with Crippen LogP contribution < -0.4 is 5.32 Å². The number of nitrogens with one attached hydrogen (secondary N) is 1. The molecule has 2 aromatic rings. The molecule has 0 unspecified atom stereocenters. The highest BCUT2D eigenvalue weighted by atomic mass is 35.5. The average molecular weight is 423 g/mol. The van der Waals surface area contributed by atoms with Gasteiger partial charge in [0.25, 0.3) is 6.47 Å². The maximum atomic E-state index is 12.3. The summed E-state index contributed by atoms with van der Waals surface area (Å²) in [6, 6.07) is 9.56.